The van der Waals surface area contributed by atoms with Crippen molar-refractivity contribution in [3.05, 3.63) is 24.3 Å². The zero-order valence-corrected chi connectivity index (χ0v) is 10.6. The average molecular weight is 294 g/mol. The summed E-state index contributed by atoms with van der Waals surface area (Å²) < 4.78 is 53.4. The summed E-state index contributed by atoms with van der Waals surface area (Å²) in [5.74, 6) is -0.711. The normalized spacial score (nSPS) is 22.8. The first kappa shape index (κ1) is 13.1. The monoisotopic (exact) mass is 294 g/mol. The molecule has 7 nitrogen and oxygen atoms in total. The van der Waals surface area contributed by atoms with Gasteiger partial charge in [-0.3, -0.25) is 4.18 Å². The van der Waals surface area contributed by atoms with E-state index < -0.39 is 30.6 Å². The van der Waals surface area contributed by atoms with Crippen molar-refractivity contribution in [2.45, 2.75) is 11.0 Å². The fourth-order valence-electron chi connectivity index (χ4n) is 1.48. The van der Waals surface area contributed by atoms with Gasteiger partial charge in [0.15, 0.2) is 11.5 Å². The lowest BCUT2D eigenvalue weighted by atomic mass is 10.3. The van der Waals surface area contributed by atoms with Crippen molar-refractivity contribution in [3.8, 4) is 11.5 Å². The first-order valence-corrected chi connectivity index (χ1v) is 7.87. The quantitative estimate of drug-likeness (QED) is 0.792. The molecule has 1 saturated heterocycles. The minimum absolute atomic E-state index is 0.196. The second-order valence-corrected chi connectivity index (χ2v) is 7.39. The molecule has 100 valence electrons. The highest BCUT2D eigenvalue weighted by molar-refractivity contribution is 8.05. The van der Waals surface area contributed by atoms with Crippen molar-refractivity contribution >= 4 is 20.2 Å². The molecule has 1 heterocycles. The molecular weight excluding hydrogens is 284 g/mol. The Balaban J connectivity index is 2.32. The SMILES string of the molecule is O=S1(=O)OCCC1S(=O)(=O)Oc1ccccc1O. The van der Waals surface area contributed by atoms with Crippen molar-refractivity contribution in [2.24, 2.45) is 0 Å². The maximum atomic E-state index is 11.8. The molecule has 0 bridgehead atoms. The molecule has 2 rings (SSSR count). The van der Waals surface area contributed by atoms with Crippen LogP contribution in [-0.2, 0) is 24.4 Å². The fraction of sp³-hybridized carbons (Fsp3) is 0.333. The summed E-state index contributed by atoms with van der Waals surface area (Å²) in [6, 6.07) is 5.37. The molecule has 0 saturated carbocycles. The Labute approximate surface area is 104 Å². The number of para-hydroxylation sites is 2. The van der Waals surface area contributed by atoms with Crippen LogP contribution >= 0.6 is 0 Å². The zero-order chi connectivity index (χ0) is 13.4. The number of benzene rings is 1. The van der Waals surface area contributed by atoms with E-state index in [1.165, 1.54) is 24.3 Å². The third-order valence-corrected chi connectivity index (χ3v) is 6.40. The highest BCUT2D eigenvalue weighted by Gasteiger charge is 2.45. The van der Waals surface area contributed by atoms with Crippen molar-refractivity contribution in [1.82, 2.24) is 0 Å². The molecule has 9 heteroatoms. The molecule has 1 aromatic rings. The number of phenols is 1. The van der Waals surface area contributed by atoms with Gasteiger partial charge in [-0.15, -0.1) is 0 Å². The minimum Gasteiger partial charge on any atom is -0.504 e. The Morgan fingerprint density at radius 3 is 2.56 bits per heavy atom. The lowest BCUT2D eigenvalue weighted by Crippen LogP contribution is -2.29. The molecule has 1 atom stereocenters. The average Bonchev–Trinajstić information content (AvgIpc) is 2.62. The molecule has 0 spiro atoms. The Morgan fingerprint density at radius 1 is 1.33 bits per heavy atom. The largest absolute Gasteiger partial charge is 0.504 e. The maximum Gasteiger partial charge on any atom is 0.329 e. The van der Waals surface area contributed by atoms with Gasteiger partial charge >= 0.3 is 10.1 Å². The van der Waals surface area contributed by atoms with E-state index in [0.29, 0.717) is 0 Å². The number of hydrogen-bond donors (Lipinski definition) is 1. The Morgan fingerprint density at radius 2 is 2.00 bits per heavy atom. The molecular formula is C9H10O7S2. The topological polar surface area (TPSA) is 107 Å². The van der Waals surface area contributed by atoms with E-state index in [4.69, 9.17) is 0 Å². The third-order valence-electron chi connectivity index (χ3n) is 2.32. The van der Waals surface area contributed by atoms with Gasteiger partial charge in [0, 0.05) is 6.42 Å². The van der Waals surface area contributed by atoms with E-state index in [1.54, 1.807) is 0 Å². The summed E-state index contributed by atoms with van der Waals surface area (Å²) in [6.07, 6.45) is -0.196. The van der Waals surface area contributed by atoms with E-state index in [0.717, 1.165) is 0 Å². The van der Waals surface area contributed by atoms with E-state index in [-0.39, 0.29) is 18.8 Å². The number of aromatic hydroxyl groups is 1. The van der Waals surface area contributed by atoms with Gasteiger partial charge in [-0.05, 0) is 12.1 Å². The lowest BCUT2D eigenvalue weighted by molar-refractivity contribution is 0.354. The Kier molecular flexibility index (Phi) is 3.21. The van der Waals surface area contributed by atoms with E-state index in [9.17, 15) is 21.9 Å². The smallest absolute Gasteiger partial charge is 0.329 e. The molecule has 1 fully saturated rings. The van der Waals surface area contributed by atoms with Crippen LogP contribution in [0.1, 0.15) is 6.42 Å². The van der Waals surface area contributed by atoms with Gasteiger partial charge in [-0.2, -0.15) is 16.8 Å². The van der Waals surface area contributed by atoms with Crippen LogP contribution in [0, 0.1) is 0 Å². The van der Waals surface area contributed by atoms with Gasteiger partial charge in [0.1, 0.15) is 0 Å². The van der Waals surface area contributed by atoms with Crippen LogP contribution in [0.15, 0.2) is 24.3 Å². The van der Waals surface area contributed by atoms with Crippen LogP contribution in [0.4, 0.5) is 0 Å². The number of phenolic OH excluding ortho intramolecular Hbond substituents is 1. The van der Waals surface area contributed by atoms with Gasteiger partial charge in [-0.1, -0.05) is 12.1 Å². The summed E-state index contributed by atoms with van der Waals surface area (Å²) >= 11 is 0. The van der Waals surface area contributed by atoms with Crippen LogP contribution in [0.2, 0.25) is 0 Å². The first-order valence-electron chi connectivity index (χ1n) is 4.92. The van der Waals surface area contributed by atoms with Crippen LogP contribution in [0.3, 0.4) is 0 Å². The van der Waals surface area contributed by atoms with Gasteiger partial charge in [-0.25, -0.2) is 0 Å². The minimum atomic E-state index is -4.42. The predicted octanol–water partition coefficient (Wildman–Crippen LogP) is 0.177. The molecule has 18 heavy (non-hydrogen) atoms. The van der Waals surface area contributed by atoms with E-state index in [1.807, 2.05) is 0 Å². The van der Waals surface area contributed by atoms with Gasteiger partial charge in [0.05, 0.1) is 6.61 Å². The van der Waals surface area contributed by atoms with Crippen molar-refractivity contribution < 1.29 is 30.3 Å². The highest BCUT2D eigenvalue weighted by Crippen LogP contribution is 2.30. The van der Waals surface area contributed by atoms with E-state index >= 15 is 0 Å². The maximum absolute atomic E-state index is 11.8. The standard InChI is InChI=1S/C9H10O7S2/c10-7-3-1-2-4-8(7)16-18(13,14)9-5-6-15-17(9,11)12/h1-4,9-10H,5-6H2. The van der Waals surface area contributed by atoms with Gasteiger partial charge < -0.3 is 9.29 Å². The third kappa shape index (κ3) is 2.42. The fourth-order valence-corrected chi connectivity index (χ4v) is 4.66. The van der Waals surface area contributed by atoms with Crippen LogP contribution < -0.4 is 4.18 Å². The second-order valence-electron chi connectivity index (χ2n) is 3.58. The summed E-state index contributed by atoms with van der Waals surface area (Å²) in [6.45, 7) is -0.198. The Hall–Kier alpha value is -1.32. The second kappa shape index (κ2) is 4.41. The molecule has 1 N–H and O–H groups in total. The summed E-state index contributed by atoms with van der Waals surface area (Å²) in [5.41, 5.74) is 0. The Bertz CT molecular complexity index is 647. The molecule has 0 aromatic heterocycles. The molecule has 0 amide bonds. The van der Waals surface area contributed by atoms with Crippen molar-refractivity contribution in [1.29, 1.82) is 0 Å². The first-order chi connectivity index (χ1) is 8.33. The van der Waals surface area contributed by atoms with Crippen LogP contribution in [0.25, 0.3) is 0 Å². The predicted molar refractivity (Wildman–Crippen MR) is 60.9 cm³/mol. The zero-order valence-electron chi connectivity index (χ0n) is 9.01. The van der Waals surface area contributed by atoms with Crippen molar-refractivity contribution in [2.75, 3.05) is 6.61 Å². The summed E-state index contributed by atoms with van der Waals surface area (Å²) in [5, 5.41) is 9.38. The highest BCUT2D eigenvalue weighted by atomic mass is 32.3. The molecule has 1 aromatic carbocycles. The molecule has 0 aliphatic carbocycles. The van der Waals surface area contributed by atoms with Crippen molar-refractivity contribution in [3.63, 3.8) is 0 Å². The van der Waals surface area contributed by atoms with Gasteiger partial charge in [0.2, 0.25) is 4.58 Å². The lowest BCUT2D eigenvalue weighted by Gasteiger charge is -2.11. The van der Waals surface area contributed by atoms with E-state index in [2.05, 4.69) is 8.37 Å². The van der Waals surface area contributed by atoms with Gasteiger partial charge in [0.25, 0.3) is 10.1 Å². The molecule has 1 aliphatic heterocycles. The summed E-state index contributed by atoms with van der Waals surface area (Å²) in [4.78, 5) is 0. The number of hydrogen-bond acceptors (Lipinski definition) is 7. The molecule has 1 unspecified atom stereocenters. The molecule has 0 radical (unpaired) electrons. The summed E-state index contributed by atoms with van der Waals surface area (Å²) in [7, 11) is -8.59. The molecule has 1 aliphatic rings. The van der Waals surface area contributed by atoms with Crippen LogP contribution in [0.5, 0.6) is 11.5 Å². The number of rotatable bonds is 3. The van der Waals surface area contributed by atoms with Crippen LogP contribution in [-0.4, -0.2) is 33.1 Å².